The molecule has 1 amide bonds. The van der Waals surface area contributed by atoms with Gasteiger partial charge in [0.2, 0.25) is 0 Å². The molecule has 4 aromatic rings. The Hall–Kier alpha value is -4.18. The van der Waals surface area contributed by atoms with E-state index in [2.05, 4.69) is 32.3 Å². The highest BCUT2D eigenvalue weighted by atomic mass is 16.1. The molecule has 1 aromatic carbocycles. The summed E-state index contributed by atoms with van der Waals surface area (Å²) in [6.45, 7) is 6.48. The Labute approximate surface area is 187 Å². The van der Waals surface area contributed by atoms with Crippen molar-refractivity contribution in [3.8, 4) is 17.5 Å². The van der Waals surface area contributed by atoms with E-state index in [-0.39, 0.29) is 11.9 Å². The molecule has 0 spiro atoms. The minimum atomic E-state index is -0.158. The van der Waals surface area contributed by atoms with E-state index in [1.807, 2.05) is 62.0 Å². The molecule has 4 rings (SSSR count). The highest BCUT2D eigenvalue weighted by molar-refractivity contribution is 5.95. The molecular weight excluding hydrogens is 400 g/mol. The summed E-state index contributed by atoms with van der Waals surface area (Å²) in [4.78, 5) is 17.0. The molecule has 160 valence electrons. The zero-order valence-corrected chi connectivity index (χ0v) is 18.3. The Morgan fingerprint density at radius 1 is 1.12 bits per heavy atom. The first-order chi connectivity index (χ1) is 15.5. The van der Waals surface area contributed by atoms with Crippen LogP contribution in [0.15, 0.2) is 67.3 Å². The number of nitrogens with one attached hydrogen (secondary N) is 1. The lowest BCUT2D eigenvalue weighted by Gasteiger charge is -2.15. The van der Waals surface area contributed by atoms with Crippen molar-refractivity contribution in [3.63, 3.8) is 0 Å². The number of benzene rings is 1. The van der Waals surface area contributed by atoms with Gasteiger partial charge in [0.05, 0.1) is 23.0 Å². The molecule has 0 aliphatic heterocycles. The van der Waals surface area contributed by atoms with Crippen molar-refractivity contribution in [2.75, 3.05) is 6.54 Å². The molecule has 0 saturated heterocycles. The average molecular weight is 425 g/mol. The lowest BCUT2D eigenvalue weighted by molar-refractivity contribution is 0.0947. The molecule has 0 saturated carbocycles. The standard InChI is InChI=1S/C25H24N6O/c1-18-14-19(2)31(29-18)20(3)16-27-25(32)23-9-10-24(30-13-5-12-28-30)22(15-23)8-7-21-6-4-11-26-17-21/h4-6,9-15,17,20H,16H2,1-3H3,(H,27,32)/t20-/m0/s1. The summed E-state index contributed by atoms with van der Waals surface area (Å²) in [5.74, 6) is 6.12. The fourth-order valence-corrected chi connectivity index (χ4v) is 3.49. The number of rotatable bonds is 5. The number of carbonyl (C=O) groups excluding carboxylic acids is 1. The third-order valence-electron chi connectivity index (χ3n) is 5.03. The van der Waals surface area contributed by atoms with E-state index >= 15 is 0 Å². The van der Waals surface area contributed by atoms with Gasteiger partial charge in [0.25, 0.3) is 5.91 Å². The van der Waals surface area contributed by atoms with Gasteiger partial charge in [-0.15, -0.1) is 0 Å². The zero-order chi connectivity index (χ0) is 22.5. The Bertz CT molecular complexity index is 1280. The molecule has 0 bridgehead atoms. The Kier molecular flexibility index (Phi) is 6.13. The van der Waals surface area contributed by atoms with Gasteiger partial charge in [0.15, 0.2) is 0 Å². The normalized spacial score (nSPS) is 11.5. The van der Waals surface area contributed by atoms with E-state index < -0.39 is 0 Å². The Balaban J connectivity index is 1.57. The molecule has 1 N–H and O–H groups in total. The number of carbonyl (C=O) groups is 1. The van der Waals surface area contributed by atoms with Crippen molar-refractivity contribution < 1.29 is 4.79 Å². The number of amides is 1. The summed E-state index contributed by atoms with van der Waals surface area (Å²) >= 11 is 0. The Morgan fingerprint density at radius 2 is 2.00 bits per heavy atom. The molecule has 1 atom stereocenters. The molecule has 0 unspecified atom stereocenters. The maximum atomic E-state index is 12.9. The molecule has 7 heteroatoms. The van der Waals surface area contributed by atoms with E-state index in [0.717, 1.165) is 22.6 Å². The largest absolute Gasteiger partial charge is 0.350 e. The summed E-state index contributed by atoms with van der Waals surface area (Å²) in [5.41, 5.74) is 4.88. The van der Waals surface area contributed by atoms with E-state index in [4.69, 9.17) is 0 Å². The minimum absolute atomic E-state index is 0.0424. The van der Waals surface area contributed by atoms with Crippen LogP contribution < -0.4 is 5.32 Å². The minimum Gasteiger partial charge on any atom is -0.350 e. The predicted octanol–water partition coefficient (Wildman–Crippen LogP) is 3.47. The van der Waals surface area contributed by atoms with Crippen molar-refractivity contribution in [1.82, 2.24) is 29.9 Å². The fourth-order valence-electron chi connectivity index (χ4n) is 3.49. The van der Waals surface area contributed by atoms with Crippen LogP contribution in [0, 0.1) is 25.7 Å². The zero-order valence-electron chi connectivity index (χ0n) is 18.3. The lowest BCUT2D eigenvalue weighted by atomic mass is 10.1. The Morgan fingerprint density at radius 3 is 2.69 bits per heavy atom. The van der Waals surface area contributed by atoms with Crippen molar-refractivity contribution >= 4 is 5.91 Å². The van der Waals surface area contributed by atoms with Crippen LogP contribution in [0.5, 0.6) is 0 Å². The van der Waals surface area contributed by atoms with Crippen LogP contribution in [-0.2, 0) is 0 Å². The monoisotopic (exact) mass is 424 g/mol. The van der Waals surface area contributed by atoms with Gasteiger partial charge in [-0.05, 0) is 63.2 Å². The van der Waals surface area contributed by atoms with Crippen molar-refractivity contribution in [2.24, 2.45) is 0 Å². The topological polar surface area (TPSA) is 77.6 Å². The SMILES string of the molecule is Cc1cc(C)n([C@@H](C)CNC(=O)c2ccc(-n3cccn3)c(C#Cc3cccnc3)c2)n1. The first-order valence-electron chi connectivity index (χ1n) is 10.4. The van der Waals surface area contributed by atoms with Gasteiger partial charge in [0.1, 0.15) is 0 Å². The summed E-state index contributed by atoms with van der Waals surface area (Å²) in [5, 5.41) is 11.8. The van der Waals surface area contributed by atoms with Gasteiger partial charge in [-0.3, -0.25) is 14.5 Å². The van der Waals surface area contributed by atoms with Crippen LogP contribution >= 0.6 is 0 Å². The number of pyridine rings is 1. The van der Waals surface area contributed by atoms with Crippen molar-refractivity contribution in [1.29, 1.82) is 0 Å². The van der Waals surface area contributed by atoms with Crippen LogP contribution in [0.4, 0.5) is 0 Å². The van der Waals surface area contributed by atoms with Gasteiger partial charge in [-0.1, -0.05) is 11.8 Å². The second kappa shape index (κ2) is 9.31. The number of aromatic nitrogens is 5. The molecule has 7 nitrogen and oxygen atoms in total. The second-order valence-corrected chi connectivity index (χ2v) is 7.60. The van der Waals surface area contributed by atoms with Crippen LogP contribution in [0.2, 0.25) is 0 Å². The van der Waals surface area contributed by atoms with Crippen molar-refractivity contribution in [3.05, 3.63) is 95.3 Å². The van der Waals surface area contributed by atoms with E-state index in [1.165, 1.54) is 0 Å². The molecular formula is C25H24N6O. The number of hydrogen-bond donors (Lipinski definition) is 1. The van der Waals surface area contributed by atoms with Crippen LogP contribution in [-0.4, -0.2) is 37.0 Å². The van der Waals surface area contributed by atoms with Crippen LogP contribution in [0.1, 0.15) is 45.8 Å². The van der Waals surface area contributed by atoms with Crippen LogP contribution in [0.3, 0.4) is 0 Å². The summed E-state index contributed by atoms with van der Waals surface area (Å²) < 4.78 is 3.67. The third kappa shape index (κ3) is 4.76. The van der Waals surface area contributed by atoms with Gasteiger partial charge < -0.3 is 5.32 Å². The summed E-state index contributed by atoms with van der Waals surface area (Å²) in [6.07, 6.45) is 6.97. The molecule has 3 heterocycles. The lowest BCUT2D eigenvalue weighted by Crippen LogP contribution is -2.30. The summed E-state index contributed by atoms with van der Waals surface area (Å²) in [6, 6.07) is 13.1. The highest BCUT2D eigenvalue weighted by Crippen LogP contribution is 2.16. The van der Waals surface area contributed by atoms with Gasteiger partial charge in [-0.25, -0.2) is 4.68 Å². The van der Waals surface area contributed by atoms with E-state index in [9.17, 15) is 4.79 Å². The first kappa shape index (κ1) is 21.1. The second-order valence-electron chi connectivity index (χ2n) is 7.60. The van der Waals surface area contributed by atoms with Gasteiger partial charge in [0, 0.05) is 48.2 Å². The quantitative estimate of drug-likeness (QED) is 0.498. The van der Waals surface area contributed by atoms with Crippen LogP contribution in [0.25, 0.3) is 5.69 Å². The molecule has 0 radical (unpaired) electrons. The van der Waals surface area contributed by atoms with E-state index in [1.54, 1.807) is 35.4 Å². The maximum absolute atomic E-state index is 12.9. The van der Waals surface area contributed by atoms with Gasteiger partial charge >= 0.3 is 0 Å². The smallest absolute Gasteiger partial charge is 0.251 e. The molecule has 3 aromatic heterocycles. The number of nitrogens with zero attached hydrogens (tertiary/aromatic N) is 5. The molecule has 0 aliphatic rings. The van der Waals surface area contributed by atoms with Gasteiger partial charge in [-0.2, -0.15) is 10.2 Å². The fraction of sp³-hybridized carbons (Fsp3) is 0.200. The molecule has 0 aliphatic carbocycles. The highest BCUT2D eigenvalue weighted by Gasteiger charge is 2.14. The number of hydrogen-bond acceptors (Lipinski definition) is 4. The average Bonchev–Trinajstić information content (AvgIpc) is 3.45. The molecule has 0 fully saturated rings. The van der Waals surface area contributed by atoms with Crippen molar-refractivity contribution in [2.45, 2.75) is 26.8 Å². The number of aryl methyl sites for hydroxylation is 2. The maximum Gasteiger partial charge on any atom is 0.251 e. The predicted molar refractivity (Wildman–Crippen MR) is 123 cm³/mol. The summed E-state index contributed by atoms with van der Waals surface area (Å²) in [7, 11) is 0. The molecule has 32 heavy (non-hydrogen) atoms. The third-order valence-corrected chi connectivity index (χ3v) is 5.03. The first-order valence-corrected chi connectivity index (χ1v) is 10.4. The van der Waals surface area contributed by atoms with E-state index in [0.29, 0.717) is 17.7 Å².